The number of hydrogen-bond acceptors (Lipinski definition) is 4. The van der Waals surface area contributed by atoms with Gasteiger partial charge in [-0.2, -0.15) is 17.2 Å². The first-order valence-corrected chi connectivity index (χ1v) is 7.66. The summed E-state index contributed by atoms with van der Waals surface area (Å²) in [5, 5.41) is -4.89. The Hall–Kier alpha value is -0.760. The maximum Gasteiger partial charge on any atom is 0.465 e. The zero-order valence-electron chi connectivity index (χ0n) is 10.0. The lowest BCUT2D eigenvalue weighted by Gasteiger charge is -2.33. The molecule has 2 unspecified atom stereocenters. The molecule has 5 nitrogen and oxygen atoms in total. The summed E-state index contributed by atoms with van der Waals surface area (Å²) >= 11 is 0. The van der Waals surface area contributed by atoms with Crippen molar-refractivity contribution in [2.24, 2.45) is 17.8 Å². The highest BCUT2D eigenvalue weighted by molar-refractivity contribution is 7.87. The summed E-state index contributed by atoms with van der Waals surface area (Å²) in [4.78, 5) is 11.4. The SMILES string of the molecule is O=C(OC12CC3CC(CC1C3)C2)C(F)(F)S(=O)(=O)O. The van der Waals surface area contributed by atoms with Gasteiger partial charge in [0.25, 0.3) is 0 Å². The van der Waals surface area contributed by atoms with Crippen molar-refractivity contribution in [3.05, 3.63) is 0 Å². The molecule has 4 aliphatic carbocycles. The molecule has 4 saturated carbocycles. The van der Waals surface area contributed by atoms with Gasteiger partial charge < -0.3 is 4.74 Å². The van der Waals surface area contributed by atoms with E-state index in [2.05, 4.69) is 0 Å². The molecule has 108 valence electrons. The second kappa shape index (κ2) is 3.66. The molecular formula is C11H14F2O5S. The number of alkyl halides is 2. The van der Waals surface area contributed by atoms with E-state index in [1.54, 1.807) is 0 Å². The number of halogens is 2. The first kappa shape index (κ1) is 13.2. The van der Waals surface area contributed by atoms with Gasteiger partial charge in [0.05, 0.1) is 0 Å². The fraction of sp³-hybridized carbons (Fsp3) is 0.909. The summed E-state index contributed by atoms with van der Waals surface area (Å²) in [7, 11) is -5.79. The maximum atomic E-state index is 13.2. The van der Waals surface area contributed by atoms with E-state index in [4.69, 9.17) is 9.29 Å². The number of carbonyl (C=O) groups is 1. The summed E-state index contributed by atoms with van der Waals surface area (Å²) in [6.45, 7) is 0. The van der Waals surface area contributed by atoms with Gasteiger partial charge in [-0.3, -0.25) is 4.55 Å². The number of ether oxygens (including phenoxy) is 1. The molecule has 8 heteroatoms. The third kappa shape index (κ3) is 1.79. The lowest BCUT2D eigenvalue weighted by molar-refractivity contribution is -0.181. The van der Waals surface area contributed by atoms with E-state index in [0.29, 0.717) is 24.7 Å². The fourth-order valence-corrected chi connectivity index (χ4v) is 4.49. The molecule has 0 radical (unpaired) electrons. The quantitative estimate of drug-likeness (QED) is 0.632. The average Bonchev–Trinajstić information content (AvgIpc) is 2.61. The molecule has 4 rings (SSSR count). The van der Waals surface area contributed by atoms with Crippen LogP contribution in [0.2, 0.25) is 0 Å². The molecule has 19 heavy (non-hydrogen) atoms. The number of carbonyl (C=O) groups excluding carboxylic acids is 1. The van der Waals surface area contributed by atoms with Crippen molar-refractivity contribution in [2.45, 2.75) is 43.0 Å². The van der Waals surface area contributed by atoms with E-state index in [9.17, 15) is 22.0 Å². The van der Waals surface area contributed by atoms with Gasteiger partial charge in [0.15, 0.2) is 0 Å². The van der Waals surface area contributed by atoms with Crippen LogP contribution in [0.15, 0.2) is 0 Å². The average molecular weight is 296 g/mol. The smallest absolute Gasteiger partial charge is 0.453 e. The molecule has 1 N–H and O–H groups in total. The lowest BCUT2D eigenvalue weighted by Crippen LogP contribution is -2.46. The van der Waals surface area contributed by atoms with Crippen LogP contribution in [0, 0.1) is 17.8 Å². The van der Waals surface area contributed by atoms with Crippen molar-refractivity contribution in [2.75, 3.05) is 0 Å². The maximum absolute atomic E-state index is 13.2. The normalized spacial score (nSPS) is 40.7. The Morgan fingerprint density at radius 1 is 1.21 bits per heavy atom. The minimum absolute atomic E-state index is 0.0531. The van der Waals surface area contributed by atoms with Gasteiger partial charge in [-0.05, 0) is 49.9 Å². The second-order valence-electron chi connectivity index (χ2n) is 5.99. The standard InChI is InChI=1S/C11H14F2O5S/c12-11(13,19(15,16)17)9(14)18-10-4-6-1-7(5-10)3-8(10)2-6/h6-8H,1-5H2,(H,15,16,17). The molecular weight excluding hydrogens is 282 g/mol. The van der Waals surface area contributed by atoms with Gasteiger partial charge in [-0.15, -0.1) is 0 Å². The van der Waals surface area contributed by atoms with E-state index >= 15 is 0 Å². The Morgan fingerprint density at radius 2 is 1.74 bits per heavy atom. The molecule has 0 spiro atoms. The summed E-state index contributed by atoms with van der Waals surface area (Å²) in [5.74, 6) is -1.34. The molecule has 0 aromatic rings. The lowest BCUT2D eigenvalue weighted by atomic mass is 9.81. The van der Waals surface area contributed by atoms with Crippen molar-refractivity contribution in [3.63, 3.8) is 0 Å². The summed E-state index contributed by atoms with van der Waals surface area (Å²) in [6.07, 6.45) is 3.79. The largest absolute Gasteiger partial charge is 0.465 e. The van der Waals surface area contributed by atoms with Gasteiger partial charge in [0.2, 0.25) is 0 Å². The summed E-state index contributed by atoms with van der Waals surface area (Å²) < 4.78 is 60.8. The van der Waals surface area contributed by atoms with E-state index in [1.807, 2.05) is 0 Å². The molecule has 0 aromatic carbocycles. The zero-order valence-corrected chi connectivity index (χ0v) is 10.8. The fourth-order valence-electron chi connectivity index (χ4n) is 4.24. The van der Waals surface area contributed by atoms with E-state index in [1.165, 1.54) is 0 Å². The van der Waals surface area contributed by atoms with Crippen molar-refractivity contribution >= 4 is 16.1 Å². The number of rotatable bonds is 3. The number of esters is 1. The van der Waals surface area contributed by atoms with Crippen LogP contribution in [-0.2, 0) is 19.6 Å². The van der Waals surface area contributed by atoms with Crippen LogP contribution < -0.4 is 0 Å². The first-order valence-electron chi connectivity index (χ1n) is 6.22. The van der Waals surface area contributed by atoms with E-state index in [-0.39, 0.29) is 5.92 Å². The summed E-state index contributed by atoms with van der Waals surface area (Å²) in [6, 6.07) is 0. The third-order valence-corrected chi connectivity index (χ3v) is 5.59. The van der Waals surface area contributed by atoms with Crippen LogP contribution in [0.4, 0.5) is 8.78 Å². The monoisotopic (exact) mass is 296 g/mol. The van der Waals surface area contributed by atoms with Crippen molar-refractivity contribution in [1.29, 1.82) is 0 Å². The van der Waals surface area contributed by atoms with Gasteiger partial charge in [-0.1, -0.05) is 0 Å². The Kier molecular flexibility index (Phi) is 2.55. The van der Waals surface area contributed by atoms with E-state index in [0.717, 1.165) is 19.3 Å². The first-order chi connectivity index (χ1) is 8.64. The number of hydrogen-bond donors (Lipinski definition) is 1. The zero-order chi connectivity index (χ0) is 14.1. The summed E-state index contributed by atoms with van der Waals surface area (Å²) in [5.41, 5.74) is -0.932. The predicted octanol–water partition coefficient (Wildman–Crippen LogP) is 1.59. The molecule has 0 aliphatic heterocycles. The molecule has 4 aliphatic rings. The highest BCUT2D eigenvalue weighted by atomic mass is 32.2. The Bertz CT molecular complexity index is 515. The van der Waals surface area contributed by atoms with Gasteiger partial charge >= 0.3 is 21.3 Å². The highest BCUT2D eigenvalue weighted by Gasteiger charge is 2.63. The Morgan fingerprint density at radius 3 is 2.21 bits per heavy atom. The van der Waals surface area contributed by atoms with Crippen LogP contribution in [-0.4, -0.2) is 29.8 Å². The minimum atomic E-state index is -5.79. The molecule has 0 saturated heterocycles. The van der Waals surface area contributed by atoms with Crippen LogP contribution in [0.5, 0.6) is 0 Å². The van der Waals surface area contributed by atoms with E-state index < -0.39 is 26.9 Å². The van der Waals surface area contributed by atoms with Crippen LogP contribution in [0.3, 0.4) is 0 Å². The molecule has 2 atom stereocenters. The highest BCUT2D eigenvalue weighted by Crippen LogP contribution is 2.62. The van der Waals surface area contributed by atoms with Crippen LogP contribution in [0.1, 0.15) is 32.1 Å². The van der Waals surface area contributed by atoms with Gasteiger partial charge in [0.1, 0.15) is 5.60 Å². The van der Waals surface area contributed by atoms with Crippen molar-refractivity contribution in [3.8, 4) is 0 Å². The third-order valence-electron chi connectivity index (χ3n) is 4.77. The van der Waals surface area contributed by atoms with Crippen molar-refractivity contribution in [1.82, 2.24) is 0 Å². The molecule has 0 amide bonds. The molecule has 4 bridgehead atoms. The topological polar surface area (TPSA) is 80.7 Å². The van der Waals surface area contributed by atoms with Crippen molar-refractivity contribution < 1.29 is 31.3 Å². The molecule has 0 heterocycles. The van der Waals surface area contributed by atoms with Crippen LogP contribution >= 0.6 is 0 Å². The Balaban J connectivity index is 1.82. The second-order valence-corrected chi connectivity index (χ2v) is 7.45. The Labute approximate surface area is 109 Å². The minimum Gasteiger partial charge on any atom is -0.453 e. The van der Waals surface area contributed by atoms with Gasteiger partial charge in [-0.25, -0.2) is 4.79 Å². The molecule has 0 aromatic heterocycles. The van der Waals surface area contributed by atoms with Crippen LogP contribution in [0.25, 0.3) is 0 Å². The molecule has 4 fully saturated rings. The van der Waals surface area contributed by atoms with Gasteiger partial charge in [0, 0.05) is 0 Å². The predicted molar refractivity (Wildman–Crippen MR) is 58.9 cm³/mol.